The van der Waals surface area contributed by atoms with Crippen LogP contribution in [0.25, 0.3) is 0 Å². The van der Waals surface area contributed by atoms with E-state index in [0.29, 0.717) is 17.8 Å². The van der Waals surface area contributed by atoms with Crippen LogP contribution in [0.5, 0.6) is 0 Å². The van der Waals surface area contributed by atoms with Gasteiger partial charge in [0.15, 0.2) is 0 Å². The first kappa shape index (κ1) is 15.5. The third kappa shape index (κ3) is 4.62. The molecule has 0 spiro atoms. The Labute approximate surface area is 117 Å². The minimum Gasteiger partial charge on any atom is -0.312 e. The van der Waals surface area contributed by atoms with Crippen LogP contribution in [0.1, 0.15) is 38.8 Å². The Kier molecular flexibility index (Phi) is 6.17. The number of hydrogen-bond donors (Lipinski definition) is 1. The van der Waals surface area contributed by atoms with E-state index < -0.39 is 0 Å². The molecule has 0 aliphatic carbocycles. The van der Waals surface area contributed by atoms with Crippen molar-refractivity contribution in [1.29, 1.82) is 0 Å². The third-order valence-corrected chi connectivity index (χ3v) is 3.97. The lowest BCUT2D eigenvalue weighted by Gasteiger charge is -2.25. The van der Waals surface area contributed by atoms with Crippen LogP contribution >= 0.6 is 11.6 Å². The predicted molar refractivity (Wildman–Crippen MR) is 81.1 cm³/mol. The average Bonchev–Trinajstić information content (AvgIpc) is 2.25. The standard InChI is InChI=1S/C16H26ClN/c1-11(2)15(12(3)4)10-18-9-14-7-6-13(5)8-16(14)17/h6-8,11-12,15,18H,9-10H2,1-5H3. The molecule has 1 nitrogen and oxygen atoms in total. The fourth-order valence-electron chi connectivity index (χ4n) is 2.41. The molecule has 18 heavy (non-hydrogen) atoms. The van der Waals surface area contributed by atoms with E-state index in [1.165, 1.54) is 11.1 Å². The van der Waals surface area contributed by atoms with Gasteiger partial charge in [-0.1, -0.05) is 51.4 Å². The Morgan fingerprint density at radius 1 is 1.11 bits per heavy atom. The minimum absolute atomic E-state index is 0.714. The summed E-state index contributed by atoms with van der Waals surface area (Å²) in [6.07, 6.45) is 0. The first-order chi connectivity index (χ1) is 8.41. The van der Waals surface area contributed by atoms with E-state index in [0.717, 1.165) is 18.1 Å². The lowest BCUT2D eigenvalue weighted by atomic mass is 9.85. The lowest BCUT2D eigenvalue weighted by Crippen LogP contribution is -2.29. The monoisotopic (exact) mass is 267 g/mol. The Balaban J connectivity index is 2.50. The van der Waals surface area contributed by atoms with Crippen LogP contribution in [0.15, 0.2) is 18.2 Å². The lowest BCUT2D eigenvalue weighted by molar-refractivity contribution is 0.275. The van der Waals surface area contributed by atoms with Crippen molar-refractivity contribution < 1.29 is 0 Å². The van der Waals surface area contributed by atoms with Gasteiger partial charge in [0.05, 0.1) is 0 Å². The first-order valence-corrected chi connectivity index (χ1v) is 7.25. The van der Waals surface area contributed by atoms with Gasteiger partial charge >= 0.3 is 0 Å². The van der Waals surface area contributed by atoms with Gasteiger partial charge < -0.3 is 5.32 Å². The second-order valence-corrected chi connectivity index (χ2v) is 6.28. The summed E-state index contributed by atoms with van der Waals surface area (Å²) in [5.41, 5.74) is 2.40. The fraction of sp³-hybridized carbons (Fsp3) is 0.625. The highest BCUT2D eigenvalue weighted by Crippen LogP contribution is 2.21. The predicted octanol–water partition coefficient (Wildman–Crippen LogP) is 4.67. The molecule has 0 radical (unpaired) electrons. The third-order valence-electron chi connectivity index (χ3n) is 3.62. The summed E-state index contributed by atoms with van der Waals surface area (Å²) in [6, 6.07) is 6.26. The van der Waals surface area contributed by atoms with Gasteiger partial charge in [0.2, 0.25) is 0 Å². The summed E-state index contributed by atoms with van der Waals surface area (Å²) in [7, 11) is 0. The zero-order chi connectivity index (χ0) is 13.7. The average molecular weight is 268 g/mol. The highest BCUT2D eigenvalue weighted by molar-refractivity contribution is 6.31. The van der Waals surface area contributed by atoms with Gasteiger partial charge in [0, 0.05) is 11.6 Å². The highest BCUT2D eigenvalue weighted by atomic mass is 35.5. The minimum atomic E-state index is 0.714. The molecule has 102 valence electrons. The van der Waals surface area contributed by atoms with Crippen molar-refractivity contribution in [2.75, 3.05) is 6.54 Å². The summed E-state index contributed by atoms with van der Waals surface area (Å²) < 4.78 is 0. The van der Waals surface area contributed by atoms with Crippen LogP contribution in [0, 0.1) is 24.7 Å². The molecule has 0 amide bonds. The van der Waals surface area contributed by atoms with Crippen LogP contribution in [0.4, 0.5) is 0 Å². The molecule has 0 heterocycles. The van der Waals surface area contributed by atoms with Crippen molar-refractivity contribution in [3.8, 4) is 0 Å². The van der Waals surface area contributed by atoms with E-state index in [-0.39, 0.29) is 0 Å². The fourth-order valence-corrected chi connectivity index (χ4v) is 2.71. The van der Waals surface area contributed by atoms with Gasteiger partial charge in [0.1, 0.15) is 0 Å². The second-order valence-electron chi connectivity index (χ2n) is 5.88. The van der Waals surface area contributed by atoms with E-state index in [4.69, 9.17) is 11.6 Å². The van der Waals surface area contributed by atoms with E-state index in [1.807, 2.05) is 6.07 Å². The molecule has 0 aliphatic rings. The quantitative estimate of drug-likeness (QED) is 0.790. The van der Waals surface area contributed by atoms with Gasteiger partial charge in [0.25, 0.3) is 0 Å². The Hall–Kier alpha value is -0.530. The van der Waals surface area contributed by atoms with Gasteiger partial charge in [-0.3, -0.25) is 0 Å². The maximum atomic E-state index is 6.23. The van der Waals surface area contributed by atoms with Crippen LogP contribution in [0.3, 0.4) is 0 Å². The molecule has 1 aromatic carbocycles. The summed E-state index contributed by atoms with van der Waals surface area (Å²) in [6.45, 7) is 13.2. The number of benzene rings is 1. The van der Waals surface area contributed by atoms with Crippen molar-refractivity contribution in [3.63, 3.8) is 0 Å². The molecule has 0 unspecified atom stereocenters. The number of hydrogen-bond acceptors (Lipinski definition) is 1. The van der Waals surface area contributed by atoms with E-state index >= 15 is 0 Å². The summed E-state index contributed by atoms with van der Waals surface area (Å²) in [4.78, 5) is 0. The topological polar surface area (TPSA) is 12.0 Å². The summed E-state index contributed by atoms with van der Waals surface area (Å²) in [5.74, 6) is 2.14. The van der Waals surface area contributed by atoms with Crippen molar-refractivity contribution in [1.82, 2.24) is 5.32 Å². The molecule has 0 saturated heterocycles. The molecule has 0 bridgehead atoms. The van der Waals surface area contributed by atoms with Crippen LogP contribution in [-0.2, 0) is 6.54 Å². The number of rotatable bonds is 6. The second kappa shape index (κ2) is 7.16. The Morgan fingerprint density at radius 2 is 1.72 bits per heavy atom. The van der Waals surface area contributed by atoms with Gasteiger partial charge in [-0.2, -0.15) is 0 Å². The SMILES string of the molecule is Cc1ccc(CNCC(C(C)C)C(C)C)c(Cl)c1. The summed E-state index contributed by atoms with van der Waals surface area (Å²) in [5, 5.41) is 4.41. The van der Waals surface area contributed by atoms with Crippen LogP contribution < -0.4 is 5.32 Å². The maximum Gasteiger partial charge on any atom is 0.0453 e. The molecule has 2 heteroatoms. The molecule has 0 aliphatic heterocycles. The Bertz CT molecular complexity index is 363. The number of nitrogens with one attached hydrogen (secondary N) is 1. The molecule has 0 fully saturated rings. The molecule has 0 atom stereocenters. The normalized spacial score (nSPS) is 11.8. The number of aryl methyl sites for hydroxylation is 1. The van der Waals surface area contributed by atoms with E-state index in [9.17, 15) is 0 Å². The van der Waals surface area contributed by atoms with Crippen molar-refractivity contribution in [3.05, 3.63) is 34.3 Å². The molecule has 1 aromatic rings. The molecular formula is C16H26ClN. The number of halogens is 1. The van der Waals surface area contributed by atoms with Gasteiger partial charge in [-0.25, -0.2) is 0 Å². The molecule has 0 aromatic heterocycles. The van der Waals surface area contributed by atoms with Crippen molar-refractivity contribution >= 4 is 11.6 Å². The smallest absolute Gasteiger partial charge is 0.0453 e. The zero-order valence-electron chi connectivity index (χ0n) is 12.3. The first-order valence-electron chi connectivity index (χ1n) is 6.87. The van der Waals surface area contributed by atoms with E-state index in [2.05, 4.69) is 52.1 Å². The largest absolute Gasteiger partial charge is 0.312 e. The Morgan fingerprint density at radius 3 is 2.22 bits per heavy atom. The zero-order valence-corrected chi connectivity index (χ0v) is 13.0. The van der Waals surface area contributed by atoms with Crippen LogP contribution in [0.2, 0.25) is 5.02 Å². The molecule has 0 saturated carbocycles. The van der Waals surface area contributed by atoms with E-state index in [1.54, 1.807) is 0 Å². The van der Waals surface area contributed by atoms with Gasteiger partial charge in [-0.05, 0) is 48.4 Å². The molecule has 1 N–H and O–H groups in total. The van der Waals surface area contributed by atoms with Crippen molar-refractivity contribution in [2.45, 2.75) is 41.2 Å². The van der Waals surface area contributed by atoms with Gasteiger partial charge in [-0.15, -0.1) is 0 Å². The van der Waals surface area contributed by atoms with Crippen molar-refractivity contribution in [2.24, 2.45) is 17.8 Å². The summed E-state index contributed by atoms with van der Waals surface area (Å²) >= 11 is 6.23. The molecular weight excluding hydrogens is 242 g/mol. The maximum absolute atomic E-state index is 6.23. The highest BCUT2D eigenvalue weighted by Gasteiger charge is 2.16. The van der Waals surface area contributed by atoms with Crippen LogP contribution in [-0.4, -0.2) is 6.54 Å². The molecule has 1 rings (SSSR count).